The molecule has 20 heavy (non-hydrogen) atoms. The lowest BCUT2D eigenvalue weighted by Crippen LogP contribution is -2.44. The molecule has 1 atom stereocenters. The Hall–Kier alpha value is -1.89. The Morgan fingerprint density at radius 1 is 1.65 bits per heavy atom. The Morgan fingerprint density at radius 3 is 2.80 bits per heavy atom. The summed E-state index contributed by atoms with van der Waals surface area (Å²) in [7, 11) is 1.27. The number of hydrogen-bond donors (Lipinski definition) is 1. The second-order valence-electron chi connectivity index (χ2n) is 4.48. The quantitative estimate of drug-likeness (QED) is 0.493. The fraction of sp³-hybridized carbons (Fsp3) is 0.500. The topological polar surface area (TPSA) is 94.4 Å². The lowest BCUT2D eigenvalue weighted by atomic mass is 9.96. The highest BCUT2D eigenvalue weighted by molar-refractivity contribution is 6.30. The van der Waals surface area contributed by atoms with E-state index < -0.39 is 16.4 Å². The van der Waals surface area contributed by atoms with Crippen LogP contribution in [0.1, 0.15) is 26.7 Å². The number of nitrogens with zero attached hydrogens (tertiary/aromatic N) is 2. The molecule has 0 aliphatic carbocycles. The monoisotopic (exact) mass is 301 g/mol. The number of aromatic nitrogens is 1. The van der Waals surface area contributed by atoms with Gasteiger partial charge in [0.2, 0.25) is 5.82 Å². The van der Waals surface area contributed by atoms with E-state index in [1.807, 2.05) is 6.92 Å². The Bertz CT molecular complexity index is 523. The number of rotatable bonds is 6. The van der Waals surface area contributed by atoms with Gasteiger partial charge in [0.05, 0.1) is 17.1 Å². The van der Waals surface area contributed by atoms with E-state index in [0.29, 0.717) is 12.8 Å². The second-order valence-corrected chi connectivity index (χ2v) is 4.91. The number of hydrogen-bond acceptors (Lipinski definition) is 6. The number of methoxy groups -OCH3 is 1. The van der Waals surface area contributed by atoms with Gasteiger partial charge < -0.3 is 10.1 Å². The van der Waals surface area contributed by atoms with E-state index in [2.05, 4.69) is 10.3 Å². The highest BCUT2D eigenvalue weighted by Crippen LogP contribution is 2.29. The predicted octanol–water partition coefficient (Wildman–Crippen LogP) is 2.79. The highest BCUT2D eigenvalue weighted by Gasteiger charge is 2.35. The molecule has 1 aromatic heterocycles. The van der Waals surface area contributed by atoms with Gasteiger partial charge in [0.15, 0.2) is 0 Å². The summed E-state index contributed by atoms with van der Waals surface area (Å²) >= 11 is 5.70. The molecule has 0 fully saturated rings. The lowest BCUT2D eigenvalue weighted by molar-refractivity contribution is -0.384. The average molecular weight is 302 g/mol. The summed E-state index contributed by atoms with van der Waals surface area (Å²) in [5, 5.41) is 14.0. The standard InChI is InChI=1S/C12H16ClN3O4/c1-4-5-12(2,11(17)20-3)15-10-9(16(18)19)6-8(13)7-14-10/h6-7H,4-5H2,1-3H3,(H,14,15). The smallest absolute Gasteiger partial charge is 0.331 e. The molecule has 0 aliphatic heterocycles. The molecule has 0 aliphatic rings. The van der Waals surface area contributed by atoms with Gasteiger partial charge in [-0.25, -0.2) is 9.78 Å². The summed E-state index contributed by atoms with van der Waals surface area (Å²) < 4.78 is 4.74. The molecule has 110 valence electrons. The average Bonchev–Trinajstić information content (AvgIpc) is 2.39. The molecule has 0 spiro atoms. The van der Waals surface area contributed by atoms with E-state index in [0.717, 1.165) is 0 Å². The summed E-state index contributed by atoms with van der Waals surface area (Å²) in [5.74, 6) is -0.522. The molecule has 8 heteroatoms. The van der Waals surface area contributed by atoms with E-state index in [1.54, 1.807) is 6.92 Å². The first-order valence-electron chi connectivity index (χ1n) is 6.00. The van der Waals surface area contributed by atoms with Crippen molar-refractivity contribution in [3.63, 3.8) is 0 Å². The molecule has 1 aromatic rings. The molecule has 0 saturated carbocycles. The molecule has 0 saturated heterocycles. The van der Waals surface area contributed by atoms with Crippen molar-refractivity contribution in [1.82, 2.24) is 4.98 Å². The van der Waals surface area contributed by atoms with E-state index in [-0.39, 0.29) is 16.5 Å². The number of nitrogens with one attached hydrogen (secondary N) is 1. The van der Waals surface area contributed by atoms with Crippen LogP contribution >= 0.6 is 11.6 Å². The van der Waals surface area contributed by atoms with Gasteiger partial charge >= 0.3 is 11.7 Å². The lowest BCUT2D eigenvalue weighted by Gasteiger charge is -2.27. The Labute approximate surface area is 121 Å². The van der Waals surface area contributed by atoms with Crippen LogP contribution in [-0.4, -0.2) is 28.5 Å². The van der Waals surface area contributed by atoms with Crippen molar-refractivity contribution in [2.24, 2.45) is 0 Å². The number of carbonyl (C=O) groups excluding carboxylic acids is 1. The van der Waals surface area contributed by atoms with E-state index >= 15 is 0 Å². The van der Waals surface area contributed by atoms with E-state index in [4.69, 9.17) is 16.3 Å². The third-order valence-electron chi connectivity index (χ3n) is 2.81. The van der Waals surface area contributed by atoms with Crippen LogP contribution in [0.2, 0.25) is 5.02 Å². The first-order chi connectivity index (χ1) is 9.34. The number of nitro groups is 1. The van der Waals surface area contributed by atoms with Crippen LogP contribution in [0.4, 0.5) is 11.5 Å². The van der Waals surface area contributed by atoms with Gasteiger partial charge in [-0.15, -0.1) is 0 Å². The minimum atomic E-state index is -1.09. The zero-order valence-electron chi connectivity index (χ0n) is 11.5. The van der Waals surface area contributed by atoms with Gasteiger partial charge in [0, 0.05) is 12.3 Å². The van der Waals surface area contributed by atoms with Crippen molar-refractivity contribution in [3.05, 3.63) is 27.4 Å². The predicted molar refractivity (Wildman–Crippen MR) is 74.9 cm³/mol. The van der Waals surface area contributed by atoms with Crippen LogP contribution in [0, 0.1) is 10.1 Å². The van der Waals surface area contributed by atoms with Crippen LogP contribution in [-0.2, 0) is 9.53 Å². The van der Waals surface area contributed by atoms with Crippen molar-refractivity contribution >= 4 is 29.1 Å². The summed E-state index contributed by atoms with van der Waals surface area (Å²) in [5.41, 5.74) is -1.38. The Kier molecular flexibility index (Phi) is 5.26. The molecule has 1 N–H and O–H groups in total. The number of ether oxygens (including phenoxy) is 1. The maximum Gasteiger partial charge on any atom is 0.331 e. The van der Waals surface area contributed by atoms with Gasteiger partial charge in [-0.1, -0.05) is 24.9 Å². The number of carbonyl (C=O) groups is 1. The number of pyridine rings is 1. The maximum absolute atomic E-state index is 11.9. The Balaban J connectivity index is 3.18. The normalized spacial score (nSPS) is 13.4. The number of anilines is 1. The van der Waals surface area contributed by atoms with Crippen molar-refractivity contribution in [2.75, 3.05) is 12.4 Å². The first-order valence-corrected chi connectivity index (χ1v) is 6.38. The van der Waals surface area contributed by atoms with Gasteiger partial charge in [-0.3, -0.25) is 10.1 Å². The molecule has 1 unspecified atom stereocenters. The van der Waals surface area contributed by atoms with Crippen LogP contribution in [0.3, 0.4) is 0 Å². The zero-order chi connectivity index (χ0) is 15.3. The fourth-order valence-corrected chi connectivity index (χ4v) is 2.02. The molecule has 0 radical (unpaired) electrons. The van der Waals surface area contributed by atoms with Gasteiger partial charge in [0.25, 0.3) is 0 Å². The molecule has 1 heterocycles. The third kappa shape index (κ3) is 3.57. The Morgan fingerprint density at radius 2 is 2.30 bits per heavy atom. The first kappa shape index (κ1) is 16.2. The van der Waals surface area contributed by atoms with Crippen LogP contribution in [0.25, 0.3) is 0 Å². The van der Waals surface area contributed by atoms with E-state index in [1.165, 1.54) is 19.4 Å². The van der Waals surface area contributed by atoms with Crippen molar-refractivity contribution in [2.45, 2.75) is 32.2 Å². The largest absolute Gasteiger partial charge is 0.467 e. The van der Waals surface area contributed by atoms with Crippen LogP contribution < -0.4 is 5.32 Å². The summed E-state index contributed by atoms with van der Waals surface area (Å²) in [6.07, 6.45) is 2.42. The summed E-state index contributed by atoms with van der Waals surface area (Å²) in [6, 6.07) is 1.18. The van der Waals surface area contributed by atoms with Crippen molar-refractivity contribution in [1.29, 1.82) is 0 Å². The second kappa shape index (κ2) is 6.51. The third-order valence-corrected chi connectivity index (χ3v) is 3.02. The number of halogens is 1. The molecule has 0 amide bonds. The molecule has 7 nitrogen and oxygen atoms in total. The molecule has 0 bridgehead atoms. The number of esters is 1. The molecule has 1 rings (SSSR count). The minimum absolute atomic E-state index is 0.0132. The van der Waals surface area contributed by atoms with Gasteiger partial charge in [0.1, 0.15) is 5.54 Å². The van der Waals surface area contributed by atoms with E-state index in [9.17, 15) is 14.9 Å². The SMILES string of the molecule is CCCC(C)(Nc1ncc(Cl)cc1[N+](=O)[O-])C(=O)OC. The maximum atomic E-state index is 11.9. The summed E-state index contributed by atoms with van der Waals surface area (Å²) in [6.45, 7) is 3.51. The summed E-state index contributed by atoms with van der Waals surface area (Å²) in [4.78, 5) is 26.2. The van der Waals surface area contributed by atoms with Crippen LogP contribution in [0.5, 0.6) is 0 Å². The fourth-order valence-electron chi connectivity index (χ4n) is 1.87. The zero-order valence-corrected chi connectivity index (χ0v) is 12.2. The van der Waals surface area contributed by atoms with Crippen molar-refractivity contribution in [3.8, 4) is 0 Å². The van der Waals surface area contributed by atoms with Gasteiger partial charge in [-0.05, 0) is 13.3 Å². The minimum Gasteiger partial charge on any atom is -0.467 e. The van der Waals surface area contributed by atoms with Crippen LogP contribution in [0.15, 0.2) is 12.3 Å². The van der Waals surface area contributed by atoms with Gasteiger partial charge in [-0.2, -0.15) is 0 Å². The molecular weight excluding hydrogens is 286 g/mol. The van der Waals surface area contributed by atoms with Crippen molar-refractivity contribution < 1.29 is 14.5 Å². The highest BCUT2D eigenvalue weighted by atomic mass is 35.5. The molecule has 0 aromatic carbocycles. The molecular formula is C12H16ClN3O4.